The number of allylic oxidation sites excluding steroid dienone is 1. The third-order valence-electron chi connectivity index (χ3n) is 5.70. The largest absolute Gasteiger partial charge is 0.396 e. The van der Waals surface area contributed by atoms with E-state index in [4.69, 9.17) is 38.4 Å². The van der Waals surface area contributed by atoms with Gasteiger partial charge in [0.05, 0.1) is 55.3 Å². The Balaban J connectivity index is 0.000000176. The number of aromatic nitrogens is 4. The lowest BCUT2D eigenvalue weighted by molar-refractivity contribution is 0.122. The quantitative estimate of drug-likeness (QED) is 0.343. The van der Waals surface area contributed by atoms with E-state index in [0.29, 0.717) is 22.0 Å². The summed E-state index contributed by atoms with van der Waals surface area (Å²) in [7, 11) is 0. The number of nitriles is 1. The first kappa shape index (κ1) is 26.0. The Morgan fingerprint density at radius 3 is 2.14 bits per heavy atom. The summed E-state index contributed by atoms with van der Waals surface area (Å²) < 4.78 is 11.0. The van der Waals surface area contributed by atoms with E-state index >= 15 is 0 Å². The second-order valence-corrected chi connectivity index (χ2v) is 8.60. The number of nitrogens with one attached hydrogen (secondary N) is 1. The SMILES string of the molecule is N#C/C=C(\N)c1cccc(N2CCOCC2)n1.Nc1cc(-c2cccc(N3CCOCC3)n2)[nH]c(=S)n1. The highest BCUT2D eigenvalue weighted by Crippen LogP contribution is 2.20. The van der Waals surface area contributed by atoms with Gasteiger partial charge in [0.15, 0.2) is 4.77 Å². The van der Waals surface area contributed by atoms with Gasteiger partial charge in [0.25, 0.3) is 0 Å². The number of anilines is 3. The average Bonchev–Trinajstić information content (AvgIpc) is 2.94. The zero-order valence-corrected chi connectivity index (χ0v) is 21.2. The lowest BCUT2D eigenvalue weighted by Crippen LogP contribution is -2.36. The Morgan fingerprint density at radius 1 is 0.946 bits per heavy atom. The zero-order valence-electron chi connectivity index (χ0n) is 20.3. The molecule has 0 radical (unpaired) electrons. The van der Waals surface area contributed by atoms with Crippen LogP contribution in [0.15, 0.2) is 48.5 Å². The monoisotopic (exact) mass is 519 g/mol. The number of rotatable bonds is 4. The highest BCUT2D eigenvalue weighted by atomic mass is 32.1. The van der Waals surface area contributed by atoms with Crippen LogP contribution in [0.3, 0.4) is 0 Å². The van der Waals surface area contributed by atoms with Gasteiger partial charge < -0.3 is 35.7 Å². The average molecular weight is 520 g/mol. The van der Waals surface area contributed by atoms with E-state index in [2.05, 4.69) is 29.7 Å². The normalized spacial score (nSPS) is 15.9. The molecule has 12 heteroatoms. The molecule has 5 N–H and O–H groups in total. The molecule has 0 aliphatic carbocycles. The van der Waals surface area contributed by atoms with Gasteiger partial charge >= 0.3 is 0 Å². The van der Waals surface area contributed by atoms with Crippen LogP contribution in [-0.2, 0) is 9.47 Å². The molecule has 0 bridgehead atoms. The van der Waals surface area contributed by atoms with Crippen LogP contribution in [0.4, 0.5) is 17.5 Å². The molecule has 5 rings (SSSR count). The maximum atomic E-state index is 8.55. The first-order chi connectivity index (χ1) is 18.0. The van der Waals surface area contributed by atoms with E-state index in [1.807, 2.05) is 36.4 Å². The number of nitrogens with zero attached hydrogens (tertiary/aromatic N) is 6. The van der Waals surface area contributed by atoms with Gasteiger partial charge in [-0.15, -0.1) is 0 Å². The van der Waals surface area contributed by atoms with Crippen molar-refractivity contribution in [3.8, 4) is 17.5 Å². The minimum absolute atomic E-state index is 0.360. The first-order valence-electron chi connectivity index (χ1n) is 11.9. The summed E-state index contributed by atoms with van der Waals surface area (Å²) in [6, 6.07) is 15.2. The predicted molar refractivity (Wildman–Crippen MR) is 145 cm³/mol. The van der Waals surface area contributed by atoms with Crippen LogP contribution >= 0.6 is 12.2 Å². The van der Waals surface area contributed by atoms with Crippen molar-refractivity contribution in [3.63, 3.8) is 0 Å². The van der Waals surface area contributed by atoms with Gasteiger partial charge in [-0.25, -0.2) is 15.0 Å². The van der Waals surface area contributed by atoms with E-state index < -0.39 is 0 Å². The topological polar surface area (TPSA) is 155 Å². The molecule has 3 aromatic rings. The molecule has 5 heterocycles. The van der Waals surface area contributed by atoms with Gasteiger partial charge in [-0.05, 0) is 36.5 Å². The number of nitrogen functional groups attached to an aromatic ring is 1. The molecule has 0 atom stereocenters. The number of hydrogen-bond donors (Lipinski definition) is 3. The summed E-state index contributed by atoms with van der Waals surface area (Å²) >= 11 is 5.04. The van der Waals surface area contributed by atoms with E-state index in [1.165, 1.54) is 6.08 Å². The Labute approximate surface area is 220 Å². The molecule has 2 aliphatic heterocycles. The zero-order chi connectivity index (χ0) is 26.0. The second-order valence-electron chi connectivity index (χ2n) is 8.21. The molecule has 11 nitrogen and oxygen atoms in total. The van der Waals surface area contributed by atoms with Crippen molar-refractivity contribution in [1.82, 2.24) is 19.9 Å². The fraction of sp³-hybridized carbons (Fsp3) is 0.320. The minimum Gasteiger partial charge on any atom is -0.396 e. The number of H-pyrrole nitrogens is 1. The second kappa shape index (κ2) is 12.8. The van der Waals surface area contributed by atoms with E-state index in [1.54, 1.807) is 12.1 Å². The number of morpholine rings is 2. The van der Waals surface area contributed by atoms with Gasteiger partial charge in [-0.3, -0.25) is 0 Å². The maximum Gasteiger partial charge on any atom is 0.199 e. The van der Waals surface area contributed by atoms with E-state index in [-0.39, 0.29) is 0 Å². The lowest BCUT2D eigenvalue weighted by Gasteiger charge is -2.28. The molecule has 0 spiro atoms. The minimum atomic E-state index is 0.360. The number of aromatic amines is 1. The molecule has 2 aliphatic rings. The Morgan fingerprint density at radius 2 is 1.54 bits per heavy atom. The van der Waals surface area contributed by atoms with Crippen LogP contribution < -0.4 is 21.3 Å². The molecular formula is C25H29N9O2S. The highest BCUT2D eigenvalue weighted by Gasteiger charge is 2.14. The summed E-state index contributed by atoms with van der Waals surface area (Å²) in [5.74, 6) is 2.20. The summed E-state index contributed by atoms with van der Waals surface area (Å²) in [4.78, 5) is 20.4. The molecule has 37 heavy (non-hydrogen) atoms. The molecule has 0 unspecified atom stereocenters. The molecule has 0 saturated carbocycles. The number of ether oxygens (including phenoxy) is 2. The van der Waals surface area contributed by atoms with Crippen molar-refractivity contribution in [2.45, 2.75) is 0 Å². The Kier molecular flexibility index (Phi) is 8.98. The van der Waals surface area contributed by atoms with Crippen LogP contribution in [0, 0.1) is 16.1 Å². The lowest BCUT2D eigenvalue weighted by atomic mass is 10.2. The summed E-state index contributed by atoms with van der Waals surface area (Å²) in [6.07, 6.45) is 1.30. The standard InChI is InChI=1S/C13H15N5OS.C12H14N4O/c14-11-8-10(16-13(20)17-11)9-2-1-3-12(15-9)18-4-6-19-7-5-18;13-5-4-10(14)11-2-1-3-12(15-11)16-6-8-17-9-7-16/h1-3,8H,4-7H2,(H3,14,16,17,20);1-4H,6-9,14H2/b;10-4-. The van der Waals surface area contributed by atoms with Gasteiger partial charge in [-0.2, -0.15) is 5.26 Å². The van der Waals surface area contributed by atoms with Crippen LogP contribution in [0.5, 0.6) is 0 Å². The number of hydrogen-bond acceptors (Lipinski definition) is 11. The van der Waals surface area contributed by atoms with E-state index in [9.17, 15) is 0 Å². The smallest absolute Gasteiger partial charge is 0.199 e. The first-order valence-corrected chi connectivity index (χ1v) is 12.3. The number of pyridine rings is 2. The highest BCUT2D eigenvalue weighted by molar-refractivity contribution is 7.71. The van der Waals surface area contributed by atoms with Crippen molar-refractivity contribution in [2.75, 3.05) is 68.1 Å². The molecule has 2 saturated heterocycles. The van der Waals surface area contributed by atoms with Gasteiger partial charge in [0, 0.05) is 38.3 Å². The van der Waals surface area contributed by atoms with Crippen LogP contribution in [0.2, 0.25) is 0 Å². The van der Waals surface area contributed by atoms with Crippen LogP contribution in [-0.4, -0.2) is 72.5 Å². The van der Waals surface area contributed by atoms with Crippen molar-refractivity contribution in [1.29, 1.82) is 5.26 Å². The van der Waals surface area contributed by atoms with Crippen molar-refractivity contribution in [3.05, 3.63) is 59.0 Å². The summed E-state index contributed by atoms with van der Waals surface area (Å²) in [5, 5.41) is 8.55. The molecule has 0 amide bonds. The fourth-order valence-electron chi connectivity index (χ4n) is 3.85. The Hall–Kier alpha value is -4.05. The third-order valence-corrected chi connectivity index (χ3v) is 5.89. The summed E-state index contributed by atoms with van der Waals surface area (Å²) in [5.41, 5.74) is 14.1. The van der Waals surface area contributed by atoms with Crippen molar-refractivity contribution >= 4 is 35.4 Å². The fourth-order valence-corrected chi connectivity index (χ4v) is 4.07. The van der Waals surface area contributed by atoms with Gasteiger partial charge in [0.1, 0.15) is 17.5 Å². The third kappa shape index (κ3) is 7.23. The molecule has 0 aromatic carbocycles. The number of nitrogens with two attached hydrogens (primary N) is 2. The molecular weight excluding hydrogens is 490 g/mol. The van der Waals surface area contributed by atoms with Crippen molar-refractivity contribution in [2.24, 2.45) is 5.73 Å². The van der Waals surface area contributed by atoms with Gasteiger partial charge in [-0.1, -0.05) is 12.1 Å². The molecule has 3 aromatic heterocycles. The van der Waals surface area contributed by atoms with Crippen LogP contribution in [0.25, 0.3) is 17.1 Å². The molecule has 2 fully saturated rings. The molecule has 192 valence electrons. The van der Waals surface area contributed by atoms with E-state index in [0.717, 1.165) is 75.6 Å². The Bertz CT molecular complexity index is 1330. The van der Waals surface area contributed by atoms with Crippen LogP contribution in [0.1, 0.15) is 5.69 Å². The summed E-state index contributed by atoms with van der Waals surface area (Å²) in [6.45, 7) is 6.27. The maximum absolute atomic E-state index is 8.55. The predicted octanol–water partition coefficient (Wildman–Crippen LogP) is 2.36. The van der Waals surface area contributed by atoms with Crippen molar-refractivity contribution < 1.29 is 9.47 Å². The van der Waals surface area contributed by atoms with Gasteiger partial charge in [0.2, 0.25) is 0 Å².